The molecule has 1 aromatic rings. The van der Waals surface area contributed by atoms with Crippen LogP contribution < -0.4 is 11.1 Å². The van der Waals surface area contributed by atoms with Crippen LogP contribution in [0.5, 0.6) is 0 Å². The molecule has 0 spiro atoms. The van der Waals surface area contributed by atoms with Gasteiger partial charge in [-0.2, -0.15) is 0 Å². The van der Waals surface area contributed by atoms with E-state index in [0.717, 1.165) is 24.0 Å². The molecule has 1 amide bonds. The Labute approximate surface area is 124 Å². The van der Waals surface area contributed by atoms with Crippen molar-refractivity contribution in [3.63, 3.8) is 0 Å². The van der Waals surface area contributed by atoms with E-state index in [1.165, 1.54) is 0 Å². The van der Waals surface area contributed by atoms with Gasteiger partial charge in [0.1, 0.15) is 0 Å². The monoisotopic (exact) mass is 290 g/mol. The topological polar surface area (TPSA) is 92.4 Å². The molecule has 1 aliphatic carbocycles. The van der Waals surface area contributed by atoms with Gasteiger partial charge in [-0.15, -0.1) is 0 Å². The van der Waals surface area contributed by atoms with Crippen molar-refractivity contribution < 1.29 is 14.7 Å². The molecule has 4 N–H and O–H groups in total. The van der Waals surface area contributed by atoms with E-state index in [4.69, 9.17) is 10.8 Å². The molecule has 21 heavy (non-hydrogen) atoms. The molecule has 0 heterocycles. The fourth-order valence-electron chi connectivity index (χ4n) is 2.87. The number of aliphatic carboxylic acids is 1. The Morgan fingerprint density at radius 3 is 2.33 bits per heavy atom. The largest absolute Gasteiger partial charge is 0.481 e. The zero-order valence-electron chi connectivity index (χ0n) is 12.0. The van der Waals surface area contributed by atoms with E-state index in [1.54, 1.807) is 0 Å². The number of amides is 1. The zero-order valence-corrected chi connectivity index (χ0v) is 12.0. The van der Waals surface area contributed by atoms with Crippen molar-refractivity contribution in [3.05, 3.63) is 35.4 Å². The van der Waals surface area contributed by atoms with Gasteiger partial charge in [0.2, 0.25) is 5.91 Å². The molecule has 5 heteroatoms. The highest BCUT2D eigenvalue weighted by Crippen LogP contribution is 2.24. The molecule has 5 nitrogen and oxygen atoms in total. The van der Waals surface area contributed by atoms with Gasteiger partial charge < -0.3 is 16.2 Å². The van der Waals surface area contributed by atoms with Crippen LogP contribution in [-0.4, -0.2) is 23.0 Å². The molecule has 0 unspecified atom stereocenters. The lowest BCUT2D eigenvalue weighted by Gasteiger charge is -2.26. The number of rotatable bonds is 5. The molecule has 114 valence electrons. The molecular weight excluding hydrogens is 268 g/mol. The van der Waals surface area contributed by atoms with Gasteiger partial charge in [-0.3, -0.25) is 9.59 Å². The molecule has 1 aliphatic rings. The minimum Gasteiger partial charge on any atom is -0.481 e. The Bertz CT molecular complexity index is 508. The van der Waals surface area contributed by atoms with Gasteiger partial charge in [0, 0.05) is 12.6 Å². The number of hydrogen-bond acceptors (Lipinski definition) is 3. The molecule has 0 atom stereocenters. The molecule has 0 aliphatic heterocycles. The maximum absolute atomic E-state index is 12.1. The lowest BCUT2D eigenvalue weighted by atomic mass is 9.86. The summed E-state index contributed by atoms with van der Waals surface area (Å²) in [5, 5.41) is 12.0. The molecular formula is C16H22N2O3. The van der Waals surface area contributed by atoms with E-state index < -0.39 is 5.97 Å². The quantitative estimate of drug-likeness (QED) is 0.765. The van der Waals surface area contributed by atoms with E-state index in [0.29, 0.717) is 25.8 Å². The van der Waals surface area contributed by atoms with Gasteiger partial charge in [0.05, 0.1) is 12.3 Å². The summed E-state index contributed by atoms with van der Waals surface area (Å²) in [7, 11) is 0. The zero-order chi connectivity index (χ0) is 15.2. The number of hydrogen-bond donors (Lipinski definition) is 3. The molecule has 0 aromatic heterocycles. The van der Waals surface area contributed by atoms with E-state index >= 15 is 0 Å². The van der Waals surface area contributed by atoms with Crippen LogP contribution in [0.15, 0.2) is 24.3 Å². The summed E-state index contributed by atoms with van der Waals surface area (Å²) >= 11 is 0. The van der Waals surface area contributed by atoms with Gasteiger partial charge in [0.15, 0.2) is 0 Å². The molecule has 1 aromatic carbocycles. The second-order valence-electron chi connectivity index (χ2n) is 5.60. The second kappa shape index (κ2) is 7.22. The summed E-state index contributed by atoms with van der Waals surface area (Å²) in [6, 6.07) is 7.76. The van der Waals surface area contributed by atoms with Crippen LogP contribution in [0.4, 0.5) is 0 Å². The number of carbonyl (C=O) groups excluding carboxylic acids is 1. The Morgan fingerprint density at radius 2 is 1.76 bits per heavy atom. The minimum atomic E-state index is -0.725. The minimum absolute atomic E-state index is 0.0188. The molecule has 0 radical (unpaired) electrons. The molecule has 1 fully saturated rings. The van der Waals surface area contributed by atoms with E-state index in [-0.39, 0.29) is 17.9 Å². The first-order valence-electron chi connectivity index (χ1n) is 7.39. The van der Waals surface area contributed by atoms with E-state index in [2.05, 4.69) is 5.32 Å². The van der Waals surface area contributed by atoms with Gasteiger partial charge in [-0.1, -0.05) is 24.3 Å². The third-order valence-corrected chi connectivity index (χ3v) is 4.13. The second-order valence-corrected chi connectivity index (χ2v) is 5.60. The van der Waals surface area contributed by atoms with Gasteiger partial charge in [0.25, 0.3) is 0 Å². The van der Waals surface area contributed by atoms with Gasteiger partial charge >= 0.3 is 5.97 Å². The fraction of sp³-hybridized carbons (Fsp3) is 0.500. The number of carboxylic acid groups (broad SMARTS) is 1. The van der Waals surface area contributed by atoms with Gasteiger partial charge in [-0.25, -0.2) is 0 Å². The van der Waals surface area contributed by atoms with Crippen molar-refractivity contribution >= 4 is 11.9 Å². The number of nitrogens with one attached hydrogen (secondary N) is 1. The van der Waals surface area contributed by atoms with Crippen LogP contribution in [0.2, 0.25) is 0 Å². The van der Waals surface area contributed by atoms with Crippen molar-refractivity contribution in [2.75, 3.05) is 0 Å². The highest BCUT2D eigenvalue weighted by molar-refractivity contribution is 5.79. The standard InChI is InChI=1S/C16H22N2O3/c17-10-13-4-2-1-3-12(13)9-15(19)18-14-7-5-11(6-8-14)16(20)21/h1-4,11,14H,5-10,17H2,(H,18,19)(H,20,21). The Balaban J connectivity index is 1.84. The average Bonchev–Trinajstić information content (AvgIpc) is 2.48. The first-order chi connectivity index (χ1) is 10.1. The smallest absolute Gasteiger partial charge is 0.306 e. The molecule has 2 rings (SSSR count). The van der Waals surface area contributed by atoms with Crippen molar-refractivity contribution in [2.45, 2.75) is 44.7 Å². The Hall–Kier alpha value is -1.88. The maximum atomic E-state index is 12.1. The van der Waals surface area contributed by atoms with Crippen molar-refractivity contribution in [1.29, 1.82) is 0 Å². The summed E-state index contributed by atoms with van der Waals surface area (Å²) in [5.41, 5.74) is 7.61. The first kappa shape index (κ1) is 15.5. The predicted octanol–water partition coefficient (Wildman–Crippen LogP) is 1.45. The summed E-state index contributed by atoms with van der Waals surface area (Å²) in [5.74, 6) is -0.998. The summed E-state index contributed by atoms with van der Waals surface area (Å²) in [6.07, 6.45) is 3.08. The SMILES string of the molecule is NCc1ccccc1CC(=O)NC1CCC(C(=O)O)CC1. The Kier molecular flexibility index (Phi) is 5.33. The Morgan fingerprint density at radius 1 is 1.14 bits per heavy atom. The lowest BCUT2D eigenvalue weighted by Crippen LogP contribution is -2.39. The number of benzene rings is 1. The van der Waals surface area contributed by atoms with Crippen LogP contribution in [0.25, 0.3) is 0 Å². The number of nitrogens with two attached hydrogens (primary N) is 1. The van der Waals surface area contributed by atoms with Crippen LogP contribution in [0.3, 0.4) is 0 Å². The van der Waals surface area contributed by atoms with Crippen LogP contribution in [0.1, 0.15) is 36.8 Å². The molecule has 0 saturated heterocycles. The first-order valence-corrected chi connectivity index (χ1v) is 7.39. The van der Waals surface area contributed by atoms with Crippen LogP contribution in [0, 0.1) is 5.92 Å². The fourth-order valence-corrected chi connectivity index (χ4v) is 2.87. The molecule has 1 saturated carbocycles. The van der Waals surface area contributed by atoms with Crippen LogP contribution in [-0.2, 0) is 22.6 Å². The van der Waals surface area contributed by atoms with Crippen molar-refractivity contribution in [1.82, 2.24) is 5.32 Å². The third kappa shape index (κ3) is 4.29. The van der Waals surface area contributed by atoms with Gasteiger partial charge in [-0.05, 0) is 36.8 Å². The third-order valence-electron chi connectivity index (χ3n) is 4.13. The van der Waals surface area contributed by atoms with Crippen LogP contribution >= 0.6 is 0 Å². The lowest BCUT2D eigenvalue weighted by molar-refractivity contribution is -0.142. The van der Waals surface area contributed by atoms with E-state index in [9.17, 15) is 9.59 Å². The number of carbonyl (C=O) groups is 2. The summed E-state index contributed by atoms with van der Waals surface area (Å²) < 4.78 is 0. The average molecular weight is 290 g/mol. The summed E-state index contributed by atoms with van der Waals surface area (Å²) in [4.78, 5) is 23.0. The van der Waals surface area contributed by atoms with E-state index in [1.807, 2.05) is 24.3 Å². The highest BCUT2D eigenvalue weighted by atomic mass is 16.4. The predicted molar refractivity (Wildman–Crippen MR) is 79.6 cm³/mol. The highest BCUT2D eigenvalue weighted by Gasteiger charge is 2.26. The van der Waals surface area contributed by atoms with Crippen molar-refractivity contribution in [2.24, 2.45) is 11.7 Å². The molecule has 0 bridgehead atoms. The maximum Gasteiger partial charge on any atom is 0.306 e. The summed E-state index contributed by atoms with van der Waals surface area (Å²) in [6.45, 7) is 0.424. The number of carboxylic acids is 1. The normalized spacial score (nSPS) is 21.8. The van der Waals surface area contributed by atoms with Crippen molar-refractivity contribution in [3.8, 4) is 0 Å².